The third-order valence-corrected chi connectivity index (χ3v) is 12.7. The number of hydrogen-bond acceptors (Lipinski definition) is 14. The molecule has 5 unspecified atom stereocenters. The minimum atomic E-state index is -1.25. The van der Waals surface area contributed by atoms with Gasteiger partial charge in [0, 0.05) is 44.9 Å². The highest BCUT2D eigenvalue weighted by atomic mass is 127. The van der Waals surface area contributed by atoms with E-state index in [1.165, 1.54) is 13.3 Å². The predicted octanol–water partition coefficient (Wildman–Crippen LogP) is 13.8. The molecular weight excluding hydrogens is 1270 g/mol. The molecule has 0 bridgehead atoms. The highest BCUT2D eigenvalue weighted by Crippen LogP contribution is 2.51. The number of aliphatic hydroxyl groups is 1. The first-order valence-electron chi connectivity index (χ1n) is 20.6. The molecule has 0 amide bonds. The lowest BCUT2D eigenvalue weighted by Gasteiger charge is -2.36. The minimum absolute atomic E-state index is 0. The van der Waals surface area contributed by atoms with Crippen LogP contribution in [0.4, 0.5) is 0 Å². The molecule has 1 fully saturated rings. The molecule has 4 aliphatic rings. The fourth-order valence-electron chi connectivity index (χ4n) is 7.38. The number of thiol groups is 1. The second-order valence-corrected chi connectivity index (χ2v) is 25.2. The molecule has 4 aliphatic heterocycles. The number of hydrogen-bond donors (Lipinski definition) is 1. The Morgan fingerprint density at radius 2 is 1.10 bits per heavy atom. The Kier molecular flexibility index (Phi) is 20.6. The number of halogens is 6. The SMILES string of the molecule is C.CC1(c2ccc(Cl)cn2)Oc2cccc(Br)c2O1.COC(=O)CC1CCC(O)(c2cccc3c2O[C@](C)(c2ccc(Cl)cn2)O3)CO1.C[C@@]1(c2ccc(Cl)cn2)Oc2cccc(Br)c2O1.PPI.[SH-]. The van der Waals surface area contributed by atoms with Gasteiger partial charge in [-0.25, -0.2) is 0 Å². The molecule has 3 aromatic carbocycles. The zero-order valence-electron chi connectivity index (χ0n) is 37.1. The fraction of sp³-hybridized carbons (Fsp3) is 0.292. The molecule has 1 saturated heterocycles. The van der Waals surface area contributed by atoms with Gasteiger partial charge in [0.2, 0.25) is 0 Å². The Morgan fingerprint density at radius 1 is 0.714 bits per heavy atom. The predicted molar refractivity (Wildman–Crippen MR) is 295 cm³/mol. The number of esters is 1. The summed E-state index contributed by atoms with van der Waals surface area (Å²) in [4.78, 5) is 24.3. The summed E-state index contributed by atoms with van der Waals surface area (Å²) >= 11 is 26.7. The van der Waals surface area contributed by atoms with Crippen LogP contribution >= 0.6 is 104 Å². The third-order valence-electron chi connectivity index (χ3n) is 10.8. The van der Waals surface area contributed by atoms with Crippen molar-refractivity contribution in [2.24, 2.45) is 0 Å². The molecule has 0 radical (unpaired) electrons. The smallest absolute Gasteiger partial charge is 0.308 e. The average molecular weight is 1310 g/mol. The summed E-state index contributed by atoms with van der Waals surface area (Å²) < 4.78 is 47.8. The Balaban J connectivity index is 0.000000195. The monoisotopic (exact) mass is 1310 g/mol. The van der Waals surface area contributed by atoms with Crippen LogP contribution in [0.1, 0.15) is 70.1 Å². The van der Waals surface area contributed by atoms with Crippen molar-refractivity contribution in [3.63, 3.8) is 0 Å². The van der Waals surface area contributed by atoms with Crippen LogP contribution in [0, 0.1) is 0 Å². The van der Waals surface area contributed by atoms with E-state index >= 15 is 0 Å². The quantitative estimate of drug-likeness (QED) is 0.0554. The normalized spacial score (nSPS) is 22.9. The van der Waals surface area contributed by atoms with Gasteiger partial charge < -0.3 is 56.5 Å². The Labute approximate surface area is 462 Å². The molecule has 7 heterocycles. The van der Waals surface area contributed by atoms with Crippen LogP contribution in [-0.2, 0) is 50.7 Å². The molecule has 0 aliphatic carbocycles. The van der Waals surface area contributed by atoms with Gasteiger partial charge in [0.1, 0.15) is 22.7 Å². The number of para-hydroxylation sites is 3. The van der Waals surface area contributed by atoms with Crippen molar-refractivity contribution in [3.05, 3.63) is 156 Å². The standard InChI is InChI=1S/C21H22ClNO6.2C13H9BrClNO2.CH4.H3IP2.H2S/c1-20(17-7-6-13(22)11-23-17)28-16-5-3-4-15(19(16)29-20)21(25)9-8-14(27-12-21)10-18(24)26-2;2*1-13(11-6-5-8(15)7-16-11)17-10-4-2-3-9(14)12(10)18-13;;1-3-2;/h3-7,11,14,25H,8-10,12H2,1-2H3;2*2-7H,1H3;1H4;3H,2H2;1H2/p-1/t14?,20-,21?;13-;;;;/m11..../s1. The highest BCUT2D eigenvalue weighted by Gasteiger charge is 2.47. The first kappa shape index (κ1) is 58.0. The van der Waals surface area contributed by atoms with Crippen LogP contribution in [-0.4, -0.2) is 45.8 Å². The van der Waals surface area contributed by atoms with Gasteiger partial charge in [-0.3, -0.25) is 19.7 Å². The van der Waals surface area contributed by atoms with E-state index in [0.717, 1.165) is 14.9 Å². The second kappa shape index (κ2) is 24.9. The highest BCUT2D eigenvalue weighted by molar-refractivity contribution is 14.2. The van der Waals surface area contributed by atoms with Crippen LogP contribution in [0.25, 0.3) is 0 Å². The first-order chi connectivity index (χ1) is 32.4. The van der Waals surface area contributed by atoms with Crippen LogP contribution < -0.4 is 28.4 Å². The van der Waals surface area contributed by atoms with Crippen LogP contribution in [0.2, 0.25) is 15.1 Å². The summed E-state index contributed by atoms with van der Waals surface area (Å²) in [5.41, 5.74) is 1.25. The van der Waals surface area contributed by atoms with Crippen molar-refractivity contribution < 1.29 is 47.8 Å². The number of aromatic nitrogens is 3. The van der Waals surface area contributed by atoms with Crippen molar-refractivity contribution >= 4 is 123 Å². The van der Waals surface area contributed by atoms with Crippen LogP contribution in [0.15, 0.2) is 119 Å². The third kappa shape index (κ3) is 13.4. The molecular formula is C48H48Br2Cl3IN3O10P2S-. The molecule has 22 heteroatoms. The number of benzene rings is 3. The van der Waals surface area contributed by atoms with Gasteiger partial charge >= 0.3 is 5.97 Å². The van der Waals surface area contributed by atoms with Crippen molar-refractivity contribution in [2.45, 2.75) is 76.5 Å². The van der Waals surface area contributed by atoms with E-state index in [2.05, 4.69) is 77.8 Å². The summed E-state index contributed by atoms with van der Waals surface area (Å²) in [7, 11) is 3.94. The molecule has 0 spiro atoms. The van der Waals surface area contributed by atoms with E-state index in [1.54, 1.807) is 73.9 Å². The van der Waals surface area contributed by atoms with Gasteiger partial charge in [0.25, 0.3) is 17.4 Å². The maximum atomic E-state index is 11.5. The molecule has 3 aromatic heterocycles. The van der Waals surface area contributed by atoms with Crippen LogP contribution in [0.5, 0.6) is 34.5 Å². The summed E-state index contributed by atoms with van der Waals surface area (Å²) in [6.07, 6.45) is 5.51. The molecule has 1 N–H and O–H groups in total. The molecule has 0 saturated carbocycles. The first-order valence-corrected chi connectivity index (χ1v) is 29.2. The van der Waals surface area contributed by atoms with Crippen molar-refractivity contribution in [3.8, 4) is 34.5 Å². The van der Waals surface area contributed by atoms with E-state index in [4.69, 9.17) is 72.7 Å². The van der Waals surface area contributed by atoms with Gasteiger partial charge in [-0.15, -0.1) is 8.93 Å². The number of methoxy groups -OCH3 is 1. The van der Waals surface area contributed by atoms with Gasteiger partial charge in [-0.05, 0) is 117 Å². The van der Waals surface area contributed by atoms with E-state index < -0.39 is 23.0 Å². The van der Waals surface area contributed by atoms with E-state index in [0.29, 0.717) is 85.1 Å². The lowest BCUT2D eigenvalue weighted by atomic mass is 9.85. The van der Waals surface area contributed by atoms with Crippen LogP contribution in [0.3, 0.4) is 0 Å². The molecule has 10 rings (SSSR count). The van der Waals surface area contributed by atoms with Crippen molar-refractivity contribution in [2.75, 3.05) is 13.7 Å². The topological polar surface area (TPSA) is 150 Å². The fourth-order valence-corrected chi connectivity index (χ4v) is 8.58. The number of ether oxygens (including phenoxy) is 8. The van der Waals surface area contributed by atoms with Gasteiger partial charge in [-0.2, -0.15) is 0 Å². The van der Waals surface area contributed by atoms with Gasteiger partial charge in [-0.1, -0.05) is 88.5 Å². The summed E-state index contributed by atoms with van der Waals surface area (Å²) in [5, 5.41) is 13.0. The summed E-state index contributed by atoms with van der Waals surface area (Å²) in [5.74, 6) is 1.43. The average Bonchev–Trinajstić information content (AvgIpc) is 4.00. The maximum Gasteiger partial charge on any atom is 0.308 e. The van der Waals surface area contributed by atoms with Gasteiger partial charge in [0.15, 0.2) is 34.5 Å². The lowest BCUT2D eigenvalue weighted by Crippen LogP contribution is -2.40. The summed E-state index contributed by atoms with van der Waals surface area (Å²) in [6, 6.07) is 27.3. The Hall–Kier alpha value is -2.93. The Morgan fingerprint density at radius 3 is 1.44 bits per heavy atom. The van der Waals surface area contributed by atoms with E-state index in [-0.39, 0.29) is 46.0 Å². The van der Waals surface area contributed by atoms with E-state index in [1.807, 2.05) is 50.2 Å². The second-order valence-electron chi connectivity index (χ2n) is 15.7. The minimum Gasteiger partial charge on any atom is -0.813 e. The number of rotatable bonds is 6. The number of pyridine rings is 3. The van der Waals surface area contributed by atoms with Crippen molar-refractivity contribution in [1.82, 2.24) is 15.0 Å². The van der Waals surface area contributed by atoms with Gasteiger partial charge in [0.05, 0.1) is 50.3 Å². The molecule has 6 aromatic rings. The van der Waals surface area contributed by atoms with Crippen molar-refractivity contribution in [1.29, 1.82) is 0 Å². The lowest BCUT2D eigenvalue weighted by molar-refractivity contribution is -0.154. The summed E-state index contributed by atoms with van der Waals surface area (Å²) in [6.45, 7) is 5.47. The molecule has 7 atom stereocenters. The molecule has 70 heavy (non-hydrogen) atoms. The number of fused-ring (bicyclic) bond motifs is 3. The zero-order valence-corrected chi connectivity index (χ0v) is 47.7. The molecule has 374 valence electrons. The number of nitrogens with zero attached hydrogens (tertiary/aromatic N) is 3. The Bertz CT molecular complexity index is 2630. The number of carbonyl (C=O) groups excluding carboxylic acids is 1. The van der Waals surface area contributed by atoms with E-state index in [9.17, 15) is 9.90 Å². The largest absolute Gasteiger partial charge is 0.813 e. The zero-order chi connectivity index (χ0) is 48.9. The number of carbonyl (C=O) groups is 1. The molecule has 13 nitrogen and oxygen atoms in total. The maximum absolute atomic E-state index is 11.5.